The highest BCUT2D eigenvalue weighted by Crippen LogP contribution is 2.04. The Morgan fingerprint density at radius 1 is 1.53 bits per heavy atom. The Morgan fingerprint density at radius 2 is 2.33 bits per heavy atom. The molecule has 0 fully saturated rings. The van der Waals surface area contributed by atoms with Crippen LogP contribution < -0.4 is 5.32 Å². The van der Waals surface area contributed by atoms with Gasteiger partial charge in [-0.2, -0.15) is 5.10 Å². The van der Waals surface area contributed by atoms with Crippen molar-refractivity contribution in [3.63, 3.8) is 0 Å². The Kier molecular flexibility index (Phi) is 5.73. The zero-order chi connectivity index (χ0) is 11.1. The summed E-state index contributed by atoms with van der Waals surface area (Å²) in [5, 5.41) is 7.80. The molecule has 1 heterocycles. The van der Waals surface area contributed by atoms with Crippen molar-refractivity contribution in [2.24, 2.45) is 0 Å². The maximum atomic E-state index is 6.10. The highest BCUT2D eigenvalue weighted by Gasteiger charge is 2.02. The van der Waals surface area contributed by atoms with Gasteiger partial charge in [0.1, 0.15) is 0 Å². The number of nitrogens with one attached hydrogen (secondary N) is 1. The molecular formula is C11H20ClN3. The first-order valence-corrected chi connectivity index (χ1v) is 6.06. The molecule has 86 valence electrons. The van der Waals surface area contributed by atoms with E-state index < -0.39 is 0 Å². The van der Waals surface area contributed by atoms with Crippen molar-refractivity contribution in [1.29, 1.82) is 0 Å². The van der Waals surface area contributed by atoms with Crippen molar-refractivity contribution in [3.8, 4) is 0 Å². The van der Waals surface area contributed by atoms with Crippen LogP contribution in [0.2, 0.25) is 0 Å². The molecule has 0 bridgehead atoms. The molecule has 1 aromatic heterocycles. The third-order valence-electron chi connectivity index (χ3n) is 2.31. The van der Waals surface area contributed by atoms with E-state index in [1.165, 1.54) is 5.56 Å². The second kappa shape index (κ2) is 6.85. The molecule has 15 heavy (non-hydrogen) atoms. The van der Waals surface area contributed by atoms with Crippen molar-refractivity contribution in [2.75, 3.05) is 6.54 Å². The van der Waals surface area contributed by atoms with Crippen LogP contribution in [0.4, 0.5) is 0 Å². The number of rotatable bonds is 7. The van der Waals surface area contributed by atoms with Gasteiger partial charge in [-0.25, -0.2) is 0 Å². The lowest BCUT2D eigenvalue weighted by molar-refractivity contribution is 0.621. The maximum absolute atomic E-state index is 6.10. The van der Waals surface area contributed by atoms with Crippen LogP contribution in [0.25, 0.3) is 0 Å². The van der Waals surface area contributed by atoms with Gasteiger partial charge in [0.15, 0.2) is 0 Å². The van der Waals surface area contributed by atoms with Gasteiger partial charge in [-0.3, -0.25) is 4.68 Å². The van der Waals surface area contributed by atoms with E-state index in [4.69, 9.17) is 11.6 Å². The van der Waals surface area contributed by atoms with Gasteiger partial charge in [0, 0.05) is 36.8 Å². The summed E-state index contributed by atoms with van der Waals surface area (Å²) in [5.74, 6) is 0. The summed E-state index contributed by atoms with van der Waals surface area (Å²) in [7, 11) is 0. The standard InChI is InChI=1S/C11H20ClN3/c1-3-5-11(12)8-13-6-10-7-14-15(4-2)9-10/h7,9,11,13H,3-6,8H2,1-2H3. The number of aromatic nitrogens is 2. The van der Waals surface area contributed by atoms with Crippen LogP contribution >= 0.6 is 11.6 Å². The fourth-order valence-electron chi connectivity index (χ4n) is 1.46. The number of hydrogen-bond acceptors (Lipinski definition) is 2. The van der Waals surface area contributed by atoms with Gasteiger partial charge in [0.2, 0.25) is 0 Å². The quantitative estimate of drug-likeness (QED) is 0.728. The minimum absolute atomic E-state index is 0.247. The fraction of sp³-hybridized carbons (Fsp3) is 0.727. The molecule has 1 aromatic rings. The molecule has 0 amide bonds. The summed E-state index contributed by atoms with van der Waals surface area (Å²) in [6.07, 6.45) is 6.18. The van der Waals surface area contributed by atoms with E-state index in [1.54, 1.807) is 0 Å². The van der Waals surface area contributed by atoms with Crippen LogP contribution in [0.5, 0.6) is 0 Å². The van der Waals surface area contributed by atoms with E-state index in [0.717, 1.165) is 32.5 Å². The Hall–Kier alpha value is -0.540. The molecule has 0 aromatic carbocycles. The summed E-state index contributed by atoms with van der Waals surface area (Å²) < 4.78 is 1.93. The zero-order valence-electron chi connectivity index (χ0n) is 9.54. The molecule has 0 spiro atoms. The number of aryl methyl sites for hydroxylation is 1. The average Bonchev–Trinajstić information content (AvgIpc) is 2.66. The van der Waals surface area contributed by atoms with Crippen molar-refractivity contribution in [3.05, 3.63) is 18.0 Å². The lowest BCUT2D eigenvalue weighted by atomic mass is 10.2. The Balaban J connectivity index is 2.19. The van der Waals surface area contributed by atoms with E-state index in [-0.39, 0.29) is 5.38 Å². The fourth-order valence-corrected chi connectivity index (χ4v) is 1.79. The van der Waals surface area contributed by atoms with Crippen molar-refractivity contribution >= 4 is 11.6 Å². The van der Waals surface area contributed by atoms with Gasteiger partial charge < -0.3 is 5.32 Å². The van der Waals surface area contributed by atoms with Crippen LogP contribution in [-0.4, -0.2) is 21.7 Å². The van der Waals surface area contributed by atoms with E-state index in [0.29, 0.717) is 0 Å². The van der Waals surface area contributed by atoms with Gasteiger partial charge >= 0.3 is 0 Å². The van der Waals surface area contributed by atoms with E-state index in [1.807, 2.05) is 10.9 Å². The predicted molar refractivity (Wildman–Crippen MR) is 64.2 cm³/mol. The number of hydrogen-bond donors (Lipinski definition) is 1. The van der Waals surface area contributed by atoms with Crippen LogP contribution in [0.1, 0.15) is 32.3 Å². The Bertz CT molecular complexity index is 273. The number of halogens is 1. The van der Waals surface area contributed by atoms with Crippen molar-refractivity contribution < 1.29 is 0 Å². The molecule has 0 aliphatic heterocycles. The lowest BCUT2D eigenvalue weighted by Crippen LogP contribution is -2.22. The zero-order valence-corrected chi connectivity index (χ0v) is 10.3. The average molecular weight is 230 g/mol. The van der Waals surface area contributed by atoms with E-state index >= 15 is 0 Å². The largest absolute Gasteiger partial charge is 0.311 e. The molecule has 1 unspecified atom stereocenters. The Labute approximate surface area is 96.8 Å². The first-order chi connectivity index (χ1) is 7.26. The van der Waals surface area contributed by atoms with Gasteiger partial charge in [-0.1, -0.05) is 13.3 Å². The third-order valence-corrected chi connectivity index (χ3v) is 2.68. The predicted octanol–water partition coefficient (Wildman–Crippen LogP) is 2.40. The van der Waals surface area contributed by atoms with Gasteiger partial charge in [-0.15, -0.1) is 11.6 Å². The topological polar surface area (TPSA) is 29.9 Å². The molecule has 0 aliphatic rings. The summed E-state index contributed by atoms with van der Waals surface area (Å²) in [6, 6.07) is 0. The van der Waals surface area contributed by atoms with Gasteiger partial charge in [0.25, 0.3) is 0 Å². The number of nitrogens with zero attached hydrogens (tertiary/aromatic N) is 2. The second-order valence-electron chi connectivity index (χ2n) is 3.72. The van der Waals surface area contributed by atoms with Crippen LogP contribution in [0.3, 0.4) is 0 Å². The molecular weight excluding hydrogens is 210 g/mol. The van der Waals surface area contributed by atoms with E-state index in [9.17, 15) is 0 Å². The summed E-state index contributed by atoms with van der Waals surface area (Å²) in [6.45, 7) is 6.88. The first-order valence-electron chi connectivity index (χ1n) is 5.62. The molecule has 0 saturated carbocycles. The molecule has 1 N–H and O–H groups in total. The first kappa shape index (κ1) is 12.5. The highest BCUT2D eigenvalue weighted by molar-refractivity contribution is 6.20. The SMILES string of the molecule is CCCC(Cl)CNCc1cnn(CC)c1. The summed E-state index contributed by atoms with van der Waals surface area (Å²) >= 11 is 6.10. The monoisotopic (exact) mass is 229 g/mol. The number of alkyl halides is 1. The van der Waals surface area contributed by atoms with Crippen LogP contribution in [-0.2, 0) is 13.1 Å². The summed E-state index contributed by atoms with van der Waals surface area (Å²) in [4.78, 5) is 0. The molecule has 1 atom stereocenters. The minimum atomic E-state index is 0.247. The Morgan fingerprint density at radius 3 is 2.93 bits per heavy atom. The van der Waals surface area contributed by atoms with E-state index in [2.05, 4.69) is 30.5 Å². The van der Waals surface area contributed by atoms with Crippen LogP contribution in [0, 0.1) is 0 Å². The van der Waals surface area contributed by atoms with Gasteiger partial charge in [-0.05, 0) is 13.3 Å². The minimum Gasteiger partial charge on any atom is -0.311 e. The highest BCUT2D eigenvalue weighted by atomic mass is 35.5. The lowest BCUT2D eigenvalue weighted by Gasteiger charge is -2.08. The second-order valence-corrected chi connectivity index (χ2v) is 4.34. The van der Waals surface area contributed by atoms with Crippen molar-refractivity contribution in [2.45, 2.75) is 45.2 Å². The molecule has 3 nitrogen and oxygen atoms in total. The smallest absolute Gasteiger partial charge is 0.0534 e. The third kappa shape index (κ3) is 4.67. The normalized spacial score (nSPS) is 13.0. The molecule has 1 rings (SSSR count). The molecule has 0 saturated heterocycles. The summed E-state index contributed by atoms with van der Waals surface area (Å²) in [5.41, 5.74) is 1.22. The maximum Gasteiger partial charge on any atom is 0.0534 e. The van der Waals surface area contributed by atoms with Crippen LogP contribution in [0.15, 0.2) is 12.4 Å². The molecule has 0 aliphatic carbocycles. The van der Waals surface area contributed by atoms with Crippen molar-refractivity contribution in [1.82, 2.24) is 15.1 Å². The molecule has 0 radical (unpaired) electrons. The van der Waals surface area contributed by atoms with Gasteiger partial charge in [0.05, 0.1) is 6.20 Å². The molecule has 4 heteroatoms.